The summed E-state index contributed by atoms with van der Waals surface area (Å²) in [7, 11) is -6.00. The van der Waals surface area contributed by atoms with Gasteiger partial charge >= 0.3 is 12.6 Å². The largest absolute Gasteiger partial charge is 1.00 e. The first-order valence-corrected chi connectivity index (χ1v) is 9.24. The molecule has 0 bridgehead atoms. The molecule has 1 heterocycles. The van der Waals surface area contributed by atoms with Crippen molar-refractivity contribution >= 4 is 30.0 Å². The van der Waals surface area contributed by atoms with E-state index in [-0.39, 0.29) is 12.4 Å². The molecule has 0 aliphatic rings. The lowest BCUT2D eigenvalue weighted by molar-refractivity contribution is -0.921. The number of aromatic nitrogens is 1. The molecule has 3 nitrogen and oxygen atoms in total. The number of quaternary nitrogens is 1. The number of aryl methyl sites for hydroxylation is 1. The van der Waals surface area contributed by atoms with Crippen molar-refractivity contribution in [1.82, 2.24) is 0 Å². The molecule has 0 aliphatic heterocycles. The van der Waals surface area contributed by atoms with Crippen LogP contribution >= 0.6 is 11.6 Å². The Morgan fingerprint density at radius 3 is 1.67 bits per heavy atom. The van der Waals surface area contributed by atoms with Gasteiger partial charge in [0.2, 0.25) is 5.58 Å². The maximum Gasteiger partial charge on any atom is 0.673 e. The van der Waals surface area contributed by atoms with Crippen LogP contribution in [0.2, 0.25) is 5.35 Å². The molecule has 0 fully saturated rings. The maximum atomic E-state index is 9.75. The standard InChI is InChI=1S/C9H9ClNO.C8H20N.BF4.ClH/c1-2-11-7-5-3-4-6-8(7)12-9(11)10;1-5-9(6-2,7-3)8-4;2-1(3,4)5;/h3-6H,2H2,1H3;5-8H2,1-4H3;;1H/q2*+1;-1;/p-1. The third kappa shape index (κ3) is 10.2. The first kappa shape index (κ1) is 28.2. The second-order valence-corrected chi connectivity index (χ2v) is 5.99. The van der Waals surface area contributed by atoms with Gasteiger partial charge in [0.05, 0.1) is 26.2 Å². The van der Waals surface area contributed by atoms with Crippen LogP contribution in [-0.4, -0.2) is 37.9 Å². The highest BCUT2D eigenvalue weighted by molar-refractivity contribution is 6.50. The van der Waals surface area contributed by atoms with E-state index in [1.165, 1.54) is 30.7 Å². The predicted molar refractivity (Wildman–Crippen MR) is 99.7 cm³/mol. The van der Waals surface area contributed by atoms with Gasteiger partial charge in [0.15, 0.2) is 6.54 Å². The molecule has 2 aromatic rings. The van der Waals surface area contributed by atoms with Crippen LogP contribution in [0.1, 0.15) is 34.6 Å². The molecule has 0 unspecified atom stereocenters. The number of para-hydroxylation sites is 2. The second-order valence-electron chi connectivity index (χ2n) is 5.67. The van der Waals surface area contributed by atoms with Crippen molar-refractivity contribution in [2.45, 2.75) is 41.2 Å². The normalized spacial score (nSPS) is 11.0. The summed E-state index contributed by atoms with van der Waals surface area (Å²) < 4.78 is 47.5. The number of oxazole rings is 1. The van der Waals surface area contributed by atoms with Crippen LogP contribution < -0.4 is 17.0 Å². The topological polar surface area (TPSA) is 17.0 Å². The molecule has 10 heteroatoms. The molecular formula is C17H29BCl2F4N2O. The fourth-order valence-electron chi connectivity index (χ4n) is 2.64. The molecule has 0 saturated heterocycles. The summed E-state index contributed by atoms with van der Waals surface area (Å²) in [6.07, 6.45) is 0. The van der Waals surface area contributed by atoms with E-state index in [4.69, 9.17) is 16.0 Å². The van der Waals surface area contributed by atoms with Crippen molar-refractivity contribution in [2.75, 3.05) is 26.2 Å². The minimum Gasteiger partial charge on any atom is -1.00 e. The lowest BCUT2D eigenvalue weighted by Gasteiger charge is -2.34. The number of rotatable bonds is 5. The molecule has 1 aromatic carbocycles. The molecule has 0 aliphatic carbocycles. The highest BCUT2D eigenvalue weighted by Gasteiger charge is 2.20. The van der Waals surface area contributed by atoms with Gasteiger partial charge in [0.25, 0.3) is 5.52 Å². The minimum atomic E-state index is -6.00. The SMILES string of the molecule is CC[N+](CC)(CC)CC.CC[n+]1c(Cl)oc2ccccc21.F[B-](F)(F)F.[Cl-]. The van der Waals surface area contributed by atoms with E-state index < -0.39 is 7.25 Å². The Morgan fingerprint density at radius 1 is 0.926 bits per heavy atom. The Kier molecular flexibility index (Phi) is 13.8. The molecule has 0 atom stereocenters. The van der Waals surface area contributed by atoms with E-state index in [1.54, 1.807) is 0 Å². The molecular weight excluding hydrogens is 406 g/mol. The summed E-state index contributed by atoms with van der Waals surface area (Å²) in [6, 6.07) is 7.81. The van der Waals surface area contributed by atoms with Crippen LogP contribution in [0.25, 0.3) is 11.1 Å². The van der Waals surface area contributed by atoms with Crippen molar-refractivity contribution in [2.24, 2.45) is 0 Å². The van der Waals surface area contributed by atoms with E-state index in [2.05, 4.69) is 27.7 Å². The van der Waals surface area contributed by atoms with Gasteiger partial charge in [0, 0.05) is 17.7 Å². The Morgan fingerprint density at radius 2 is 1.33 bits per heavy atom. The zero-order valence-corrected chi connectivity index (χ0v) is 18.0. The summed E-state index contributed by atoms with van der Waals surface area (Å²) in [5.41, 5.74) is 1.88. The number of nitrogens with zero attached hydrogens (tertiary/aromatic N) is 2. The monoisotopic (exact) mass is 434 g/mol. The van der Waals surface area contributed by atoms with Crippen molar-refractivity contribution in [3.63, 3.8) is 0 Å². The molecule has 0 saturated carbocycles. The summed E-state index contributed by atoms with van der Waals surface area (Å²) in [6.45, 7) is 17.1. The molecule has 0 spiro atoms. The van der Waals surface area contributed by atoms with Crippen molar-refractivity contribution < 1.29 is 43.1 Å². The van der Waals surface area contributed by atoms with E-state index >= 15 is 0 Å². The van der Waals surface area contributed by atoms with E-state index in [1.807, 2.05) is 35.8 Å². The van der Waals surface area contributed by atoms with E-state index in [0.717, 1.165) is 17.6 Å². The summed E-state index contributed by atoms with van der Waals surface area (Å²) in [4.78, 5) is 0. The van der Waals surface area contributed by atoms with Crippen LogP contribution in [0.15, 0.2) is 28.7 Å². The highest BCUT2D eigenvalue weighted by Crippen LogP contribution is 2.15. The molecule has 27 heavy (non-hydrogen) atoms. The molecule has 0 N–H and O–H groups in total. The van der Waals surface area contributed by atoms with Gasteiger partial charge in [0.1, 0.15) is 0 Å². The first-order valence-electron chi connectivity index (χ1n) is 8.86. The Labute approximate surface area is 170 Å². The Hall–Kier alpha value is -0.985. The summed E-state index contributed by atoms with van der Waals surface area (Å²) >= 11 is 5.86. The van der Waals surface area contributed by atoms with Gasteiger partial charge in [-0.2, -0.15) is 0 Å². The van der Waals surface area contributed by atoms with Gasteiger partial charge in [-0.05, 0) is 40.7 Å². The maximum absolute atomic E-state index is 9.75. The van der Waals surface area contributed by atoms with Crippen molar-refractivity contribution in [3.8, 4) is 0 Å². The summed E-state index contributed by atoms with van der Waals surface area (Å²) in [5, 5.41) is 0.443. The molecule has 2 rings (SSSR count). The van der Waals surface area contributed by atoms with Gasteiger partial charge in [-0.15, -0.1) is 4.57 Å². The zero-order chi connectivity index (χ0) is 20.4. The highest BCUT2D eigenvalue weighted by atomic mass is 35.5. The number of benzene rings is 1. The number of hydrogen-bond acceptors (Lipinski definition) is 1. The molecule has 0 amide bonds. The lowest BCUT2D eigenvalue weighted by atomic mass is 10.3. The van der Waals surface area contributed by atoms with Gasteiger partial charge < -0.3 is 38.6 Å². The Bertz CT molecular complexity index is 626. The van der Waals surface area contributed by atoms with Crippen LogP contribution in [0.5, 0.6) is 0 Å². The van der Waals surface area contributed by atoms with Crippen LogP contribution in [0.3, 0.4) is 0 Å². The summed E-state index contributed by atoms with van der Waals surface area (Å²) in [5.74, 6) is 0. The molecule has 1 aromatic heterocycles. The van der Waals surface area contributed by atoms with Crippen LogP contribution in [0, 0.1) is 0 Å². The third-order valence-electron chi connectivity index (χ3n) is 4.56. The molecule has 158 valence electrons. The fourth-order valence-corrected chi connectivity index (χ4v) is 2.94. The van der Waals surface area contributed by atoms with Gasteiger partial charge in [-0.3, -0.25) is 0 Å². The van der Waals surface area contributed by atoms with Crippen molar-refractivity contribution in [1.29, 1.82) is 0 Å². The number of hydrogen-bond donors (Lipinski definition) is 0. The fraction of sp³-hybridized carbons (Fsp3) is 0.588. The third-order valence-corrected chi connectivity index (χ3v) is 4.84. The average Bonchev–Trinajstić information content (AvgIpc) is 2.91. The second kappa shape index (κ2) is 13.2. The first-order chi connectivity index (χ1) is 12.1. The number of halogens is 6. The van der Waals surface area contributed by atoms with Gasteiger partial charge in [-0.25, -0.2) is 0 Å². The van der Waals surface area contributed by atoms with Gasteiger partial charge in [-0.1, -0.05) is 12.1 Å². The quantitative estimate of drug-likeness (QED) is 0.306. The van der Waals surface area contributed by atoms with Crippen LogP contribution in [0.4, 0.5) is 17.3 Å². The molecule has 0 radical (unpaired) electrons. The van der Waals surface area contributed by atoms with E-state index in [0.29, 0.717) is 5.35 Å². The van der Waals surface area contributed by atoms with E-state index in [9.17, 15) is 17.3 Å². The predicted octanol–water partition coefficient (Wildman–Crippen LogP) is 2.58. The van der Waals surface area contributed by atoms with Crippen molar-refractivity contribution in [3.05, 3.63) is 29.6 Å². The van der Waals surface area contributed by atoms with Crippen LogP contribution in [-0.2, 0) is 6.54 Å². The minimum absolute atomic E-state index is 0. The average molecular weight is 435 g/mol. The zero-order valence-electron chi connectivity index (χ0n) is 16.5. The lowest BCUT2D eigenvalue weighted by Crippen LogP contribution is -3.00. The Balaban J connectivity index is 0. The smallest absolute Gasteiger partial charge is 0.673 e. The number of fused-ring (bicyclic) bond motifs is 1.